The molecule has 1 aliphatic heterocycles. The average Bonchev–Trinajstić information content (AvgIpc) is 2.71. The van der Waals surface area contributed by atoms with Crippen molar-refractivity contribution in [3.05, 3.63) is 53.6 Å². The minimum atomic E-state index is -0.379. The molecule has 0 bridgehead atoms. The molecule has 2 aromatic carbocycles. The summed E-state index contributed by atoms with van der Waals surface area (Å²) in [5.41, 5.74) is 2.02. The fourth-order valence-corrected chi connectivity index (χ4v) is 3.60. The number of hydrogen-bond acceptors (Lipinski definition) is 5. The van der Waals surface area contributed by atoms with Crippen LogP contribution in [-0.4, -0.2) is 39.2 Å². The standard InChI is InChI=1S/C21H23NO5/c1-13-11-16(21(24)27-4)15-7-5-6-8-17(15)22(13)20(23)14-9-10-18(25-2)19(12-14)26-3/h5-10,12-13,16H,11H2,1-4H3. The van der Waals surface area contributed by atoms with Gasteiger partial charge in [-0.1, -0.05) is 18.2 Å². The maximum absolute atomic E-state index is 13.3. The van der Waals surface area contributed by atoms with Crippen molar-refractivity contribution in [3.63, 3.8) is 0 Å². The first kappa shape index (κ1) is 18.8. The number of anilines is 1. The third kappa shape index (κ3) is 3.35. The lowest BCUT2D eigenvalue weighted by Gasteiger charge is -2.38. The Morgan fingerprint density at radius 1 is 1.00 bits per heavy atom. The summed E-state index contributed by atoms with van der Waals surface area (Å²) in [6.45, 7) is 1.94. The lowest BCUT2D eigenvalue weighted by atomic mass is 9.85. The van der Waals surface area contributed by atoms with Gasteiger partial charge in [0.2, 0.25) is 0 Å². The Morgan fingerprint density at radius 2 is 1.70 bits per heavy atom. The molecule has 0 N–H and O–H groups in total. The summed E-state index contributed by atoms with van der Waals surface area (Å²) in [5.74, 6) is 0.239. The molecule has 0 aromatic heterocycles. The molecule has 3 rings (SSSR count). The van der Waals surface area contributed by atoms with Crippen LogP contribution < -0.4 is 14.4 Å². The minimum absolute atomic E-state index is 0.154. The SMILES string of the molecule is COC(=O)C1CC(C)N(C(=O)c2ccc(OC)c(OC)c2)c2ccccc21. The number of rotatable bonds is 4. The molecular weight excluding hydrogens is 346 g/mol. The number of para-hydroxylation sites is 1. The third-order valence-electron chi connectivity index (χ3n) is 4.92. The lowest BCUT2D eigenvalue weighted by Crippen LogP contribution is -2.44. The van der Waals surface area contributed by atoms with Crippen molar-refractivity contribution in [2.45, 2.75) is 25.3 Å². The van der Waals surface area contributed by atoms with Gasteiger partial charge >= 0.3 is 5.97 Å². The van der Waals surface area contributed by atoms with E-state index in [1.807, 2.05) is 31.2 Å². The summed E-state index contributed by atoms with van der Waals surface area (Å²) in [6.07, 6.45) is 0.503. The molecule has 2 atom stereocenters. The van der Waals surface area contributed by atoms with E-state index in [2.05, 4.69) is 0 Å². The predicted molar refractivity (Wildman–Crippen MR) is 102 cm³/mol. The van der Waals surface area contributed by atoms with Crippen LogP contribution in [0.2, 0.25) is 0 Å². The zero-order chi connectivity index (χ0) is 19.6. The number of methoxy groups -OCH3 is 3. The van der Waals surface area contributed by atoms with Crippen molar-refractivity contribution in [3.8, 4) is 11.5 Å². The number of benzene rings is 2. The Bertz CT molecular complexity index is 863. The van der Waals surface area contributed by atoms with Gasteiger partial charge in [-0.15, -0.1) is 0 Å². The van der Waals surface area contributed by atoms with E-state index < -0.39 is 0 Å². The van der Waals surface area contributed by atoms with Gasteiger partial charge in [-0.25, -0.2) is 0 Å². The molecule has 2 aromatic rings. The van der Waals surface area contributed by atoms with Gasteiger partial charge in [-0.3, -0.25) is 9.59 Å². The molecule has 6 nitrogen and oxygen atoms in total. The van der Waals surface area contributed by atoms with Gasteiger partial charge in [0.05, 0.1) is 27.2 Å². The number of amides is 1. The second-order valence-electron chi connectivity index (χ2n) is 6.46. The predicted octanol–water partition coefficient (Wildman–Crippen LogP) is 3.40. The molecule has 27 heavy (non-hydrogen) atoms. The first-order valence-corrected chi connectivity index (χ1v) is 8.74. The van der Waals surface area contributed by atoms with E-state index in [9.17, 15) is 9.59 Å². The molecule has 0 aliphatic carbocycles. The van der Waals surface area contributed by atoms with E-state index in [0.29, 0.717) is 23.5 Å². The maximum Gasteiger partial charge on any atom is 0.313 e. The van der Waals surface area contributed by atoms with E-state index in [4.69, 9.17) is 14.2 Å². The van der Waals surface area contributed by atoms with Crippen molar-refractivity contribution in [2.24, 2.45) is 0 Å². The summed E-state index contributed by atoms with van der Waals surface area (Å²) in [4.78, 5) is 27.3. The van der Waals surface area contributed by atoms with Crippen LogP contribution in [0, 0.1) is 0 Å². The van der Waals surface area contributed by atoms with E-state index >= 15 is 0 Å². The van der Waals surface area contributed by atoms with Gasteiger partial charge in [0.15, 0.2) is 11.5 Å². The first-order valence-electron chi connectivity index (χ1n) is 8.74. The normalized spacial score (nSPS) is 18.4. The second kappa shape index (κ2) is 7.70. The zero-order valence-electron chi connectivity index (χ0n) is 15.9. The quantitative estimate of drug-likeness (QED) is 0.773. The number of hydrogen-bond donors (Lipinski definition) is 0. The topological polar surface area (TPSA) is 65.1 Å². The molecule has 1 amide bonds. The molecule has 1 heterocycles. The summed E-state index contributed by atoms with van der Waals surface area (Å²) in [7, 11) is 4.47. The summed E-state index contributed by atoms with van der Waals surface area (Å²) in [6, 6.07) is 12.4. The number of ether oxygens (including phenoxy) is 3. The Labute approximate surface area is 158 Å². The van der Waals surface area contributed by atoms with Crippen molar-refractivity contribution in [1.29, 1.82) is 0 Å². The highest BCUT2D eigenvalue weighted by atomic mass is 16.5. The third-order valence-corrected chi connectivity index (χ3v) is 4.92. The van der Waals surface area contributed by atoms with Crippen molar-refractivity contribution in [2.75, 3.05) is 26.2 Å². The van der Waals surface area contributed by atoms with Gasteiger partial charge in [-0.2, -0.15) is 0 Å². The van der Waals surface area contributed by atoms with Gasteiger partial charge in [0.1, 0.15) is 0 Å². The number of fused-ring (bicyclic) bond motifs is 1. The Kier molecular flexibility index (Phi) is 5.35. The van der Waals surface area contributed by atoms with Crippen molar-refractivity contribution >= 4 is 17.6 Å². The molecule has 0 saturated heterocycles. The molecule has 0 saturated carbocycles. The van der Waals surface area contributed by atoms with Crippen LogP contribution in [-0.2, 0) is 9.53 Å². The summed E-state index contributed by atoms with van der Waals surface area (Å²) >= 11 is 0. The molecule has 142 valence electrons. The molecule has 0 spiro atoms. The van der Waals surface area contributed by atoms with Crippen LogP contribution in [0.25, 0.3) is 0 Å². The molecule has 6 heteroatoms. The van der Waals surface area contributed by atoms with Gasteiger partial charge in [0, 0.05) is 17.3 Å². The van der Waals surface area contributed by atoms with Crippen LogP contribution >= 0.6 is 0 Å². The summed E-state index contributed by atoms with van der Waals surface area (Å²) < 4.78 is 15.5. The number of carbonyl (C=O) groups is 2. The van der Waals surface area contributed by atoms with E-state index in [1.54, 1.807) is 30.2 Å². The highest BCUT2D eigenvalue weighted by Gasteiger charge is 2.37. The highest BCUT2D eigenvalue weighted by Crippen LogP contribution is 2.40. The largest absolute Gasteiger partial charge is 0.493 e. The number of nitrogens with zero attached hydrogens (tertiary/aromatic N) is 1. The average molecular weight is 369 g/mol. The fraction of sp³-hybridized carbons (Fsp3) is 0.333. The van der Waals surface area contributed by atoms with Gasteiger partial charge in [0.25, 0.3) is 5.91 Å². The first-order chi connectivity index (χ1) is 13.0. The smallest absolute Gasteiger partial charge is 0.313 e. The highest BCUT2D eigenvalue weighted by molar-refractivity contribution is 6.08. The Balaban J connectivity index is 2.03. The molecule has 0 fully saturated rings. The Morgan fingerprint density at radius 3 is 2.37 bits per heavy atom. The van der Waals surface area contributed by atoms with Gasteiger partial charge in [-0.05, 0) is 43.2 Å². The van der Waals surface area contributed by atoms with Crippen LogP contribution in [0.15, 0.2) is 42.5 Å². The van der Waals surface area contributed by atoms with Crippen molar-refractivity contribution in [1.82, 2.24) is 0 Å². The molecule has 1 aliphatic rings. The number of carbonyl (C=O) groups excluding carboxylic acids is 2. The second-order valence-corrected chi connectivity index (χ2v) is 6.46. The van der Waals surface area contributed by atoms with Crippen LogP contribution in [0.4, 0.5) is 5.69 Å². The van der Waals surface area contributed by atoms with Crippen molar-refractivity contribution < 1.29 is 23.8 Å². The lowest BCUT2D eigenvalue weighted by molar-refractivity contribution is -0.142. The van der Waals surface area contributed by atoms with Crippen LogP contribution in [0.5, 0.6) is 11.5 Å². The van der Waals surface area contributed by atoms with Gasteiger partial charge < -0.3 is 19.1 Å². The fourth-order valence-electron chi connectivity index (χ4n) is 3.60. The molecule has 0 radical (unpaired) electrons. The Hall–Kier alpha value is -3.02. The minimum Gasteiger partial charge on any atom is -0.493 e. The zero-order valence-corrected chi connectivity index (χ0v) is 15.9. The maximum atomic E-state index is 13.3. The molecule has 2 unspecified atom stereocenters. The summed E-state index contributed by atoms with van der Waals surface area (Å²) in [5, 5.41) is 0. The van der Waals surface area contributed by atoms with E-state index in [0.717, 1.165) is 11.3 Å². The van der Waals surface area contributed by atoms with E-state index in [1.165, 1.54) is 14.2 Å². The van der Waals surface area contributed by atoms with Crippen LogP contribution in [0.3, 0.4) is 0 Å². The van der Waals surface area contributed by atoms with Crippen LogP contribution in [0.1, 0.15) is 35.2 Å². The monoisotopic (exact) mass is 369 g/mol. The molecular formula is C21H23NO5. The number of esters is 1. The van der Waals surface area contributed by atoms with E-state index in [-0.39, 0.29) is 23.8 Å².